The molecule has 0 spiro atoms. The molecule has 0 fully saturated rings. The number of hydrogen-bond donors (Lipinski definition) is 1. The van der Waals surface area contributed by atoms with E-state index < -0.39 is 0 Å². The summed E-state index contributed by atoms with van der Waals surface area (Å²) in [5.41, 5.74) is 2.35. The summed E-state index contributed by atoms with van der Waals surface area (Å²) >= 11 is 0. The number of benzene rings is 2. The van der Waals surface area contributed by atoms with Crippen molar-refractivity contribution >= 4 is 6.29 Å². The van der Waals surface area contributed by atoms with Crippen LogP contribution in [0.1, 0.15) is 21.5 Å². The Labute approximate surface area is 134 Å². The minimum atomic E-state index is -0.115. The zero-order chi connectivity index (χ0) is 16.5. The van der Waals surface area contributed by atoms with Crippen LogP contribution in [0.15, 0.2) is 42.5 Å². The van der Waals surface area contributed by atoms with Crippen LogP contribution in [0.2, 0.25) is 0 Å². The Balaban J connectivity index is 2.09. The van der Waals surface area contributed by atoms with E-state index in [4.69, 9.17) is 19.8 Å². The fourth-order valence-electron chi connectivity index (χ4n) is 2.17. The fraction of sp³-hybridized carbons (Fsp3) is 0.222. The van der Waals surface area contributed by atoms with E-state index in [0.717, 1.165) is 11.1 Å². The van der Waals surface area contributed by atoms with Crippen molar-refractivity contribution in [3.8, 4) is 17.6 Å². The van der Waals surface area contributed by atoms with E-state index in [1.54, 1.807) is 18.2 Å². The first-order chi connectivity index (χ1) is 11.3. The summed E-state index contributed by atoms with van der Waals surface area (Å²) in [5.74, 6) is 0.893. The van der Waals surface area contributed by atoms with E-state index in [0.29, 0.717) is 36.4 Å². The normalized spacial score (nSPS) is 9.91. The highest BCUT2D eigenvalue weighted by molar-refractivity contribution is 5.80. The molecule has 0 aliphatic rings. The van der Waals surface area contributed by atoms with Gasteiger partial charge in [-0.1, -0.05) is 24.3 Å². The molecule has 0 unspecified atom stereocenters. The van der Waals surface area contributed by atoms with Crippen LogP contribution >= 0.6 is 0 Å². The lowest BCUT2D eigenvalue weighted by molar-refractivity contribution is 0.111. The molecule has 5 nitrogen and oxygen atoms in total. The molecular weight excluding hydrogens is 294 g/mol. The third-order valence-electron chi connectivity index (χ3n) is 3.29. The van der Waals surface area contributed by atoms with Crippen molar-refractivity contribution < 1.29 is 19.4 Å². The van der Waals surface area contributed by atoms with E-state index in [-0.39, 0.29) is 13.2 Å². The average molecular weight is 311 g/mol. The smallest absolute Gasteiger partial charge is 0.174 e. The van der Waals surface area contributed by atoms with Crippen LogP contribution < -0.4 is 9.47 Å². The van der Waals surface area contributed by atoms with Crippen molar-refractivity contribution in [1.82, 2.24) is 0 Å². The number of nitriles is 1. The van der Waals surface area contributed by atoms with Crippen LogP contribution in [-0.4, -0.2) is 24.6 Å². The van der Waals surface area contributed by atoms with Gasteiger partial charge in [-0.3, -0.25) is 4.79 Å². The van der Waals surface area contributed by atoms with Crippen molar-refractivity contribution in [2.24, 2.45) is 0 Å². The van der Waals surface area contributed by atoms with Crippen molar-refractivity contribution in [1.29, 1.82) is 5.26 Å². The minimum absolute atomic E-state index is 0.0806. The lowest BCUT2D eigenvalue weighted by Crippen LogP contribution is -2.03. The first-order valence-corrected chi connectivity index (χ1v) is 7.18. The number of aliphatic hydroxyl groups excluding tert-OH is 1. The monoisotopic (exact) mass is 311 g/mol. The Morgan fingerprint density at radius 2 is 1.91 bits per heavy atom. The predicted molar refractivity (Wildman–Crippen MR) is 84.5 cm³/mol. The Morgan fingerprint density at radius 3 is 2.61 bits per heavy atom. The van der Waals surface area contributed by atoms with Gasteiger partial charge in [-0.05, 0) is 35.7 Å². The van der Waals surface area contributed by atoms with Gasteiger partial charge in [0.2, 0.25) is 0 Å². The van der Waals surface area contributed by atoms with Gasteiger partial charge in [0, 0.05) is 6.61 Å². The highest BCUT2D eigenvalue weighted by atomic mass is 16.5. The summed E-state index contributed by atoms with van der Waals surface area (Å²) < 4.78 is 10.9. The summed E-state index contributed by atoms with van der Waals surface area (Å²) in [6.07, 6.45) is 1.24. The molecular formula is C18H17NO4. The van der Waals surface area contributed by atoms with E-state index in [1.165, 1.54) is 0 Å². The number of hydrogen-bond acceptors (Lipinski definition) is 5. The van der Waals surface area contributed by atoms with E-state index in [2.05, 4.69) is 0 Å². The second-order valence-corrected chi connectivity index (χ2v) is 4.80. The van der Waals surface area contributed by atoms with Crippen LogP contribution in [0.25, 0.3) is 0 Å². The molecule has 23 heavy (non-hydrogen) atoms. The molecule has 0 bridgehead atoms. The summed E-state index contributed by atoms with van der Waals surface area (Å²) in [6, 6.07) is 14.4. The Morgan fingerprint density at radius 1 is 1.13 bits per heavy atom. The van der Waals surface area contributed by atoms with Gasteiger partial charge in [-0.2, -0.15) is 5.26 Å². The molecule has 1 N–H and O–H groups in total. The van der Waals surface area contributed by atoms with Crippen LogP contribution in [0.5, 0.6) is 11.5 Å². The number of aldehydes is 1. The molecule has 5 heteroatoms. The van der Waals surface area contributed by atoms with E-state index in [9.17, 15) is 4.79 Å². The summed E-state index contributed by atoms with van der Waals surface area (Å²) in [4.78, 5) is 11.1. The molecule has 0 aliphatic carbocycles. The maximum Gasteiger partial charge on any atom is 0.174 e. The van der Waals surface area contributed by atoms with Crippen molar-refractivity contribution in [2.45, 2.75) is 13.0 Å². The fourth-order valence-corrected chi connectivity index (χ4v) is 2.17. The van der Waals surface area contributed by atoms with Gasteiger partial charge in [0.25, 0.3) is 0 Å². The molecule has 0 amide bonds. The maximum absolute atomic E-state index is 11.1. The molecule has 0 aromatic heterocycles. The molecule has 0 saturated heterocycles. The Bertz CT molecular complexity index is 706. The molecule has 0 heterocycles. The third-order valence-corrected chi connectivity index (χ3v) is 3.29. The first-order valence-electron chi connectivity index (χ1n) is 7.18. The van der Waals surface area contributed by atoms with Crippen LogP contribution in [0.4, 0.5) is 0 Å². The predicted octanol–water partition coefficient (Wildman–Crippen LogP) is 2.52. The lowest BCUT2D eigenvalue weighted by atomic mass is 10.1. The molecule has 2 rings (SSSR count). The van der Waals surface area contributed by atoms with Crippen molar-refractivity contribution in [3.63, 3.8) is 0 Å². The highest BCUT2D eigenvalue weighted by Crippen LogP contribution is 2.24. The van der Waals surface area contributed by atoms with Crippen LogP contribution in [-0.2, 0) is 13.0 Å². The minimum Gasteiger partial charge on any atom is -0.489 e. The van der Waals surface area contributed by atoms with Gasteiger partial charge >= 0.3 is 0 Å². The second kappa shape index (κ2) is 8.57. The lowest BCUT2D eigenvalue weighted by Gasteiger charge is -2.12. The number of ether oxygens (including phenoxy) is 2. The van der Waals surface area contributed by atoms with E-state index >= 15 is 0 Å². The zero-order valence-electron chi connectivity index (χ0n) is 12.6. The topological polar surface area (TPSA) is 79.6 Å². The number of aliphatic hydroxyl groups is 1. The second-order valence-electron chi connectivity index (χ2n) is 4.80. The summed E-state index contributed by atoms with van der Waals surface area (Å²) in [6.45, 7) is 0.305. The maximum atomic E-state index is 11.1. The number of rotatable bonds is 8. The number of carbonyl (C=O) groups excluding carboxylic acids is 1. The molecule has 2 aromatic carbocycles. The quantitative estimate of drug-likeness (QED) is 0.758. The molecule has 118 valence electrons. The molecule has 0 atom stereocenters. The Kier molecular flexibility index (Phi) is 6.16. The van der Waals surface area contributed by atoms with Gasteiger partial charge < -0.3 is 14.6 Å². The van der Waals surface area contributed by atoms with E-state index in [1.807, 2.05) is 30.3 Å². The van der Waals surface area contributed by atoms with Crippen molar-refractivity contribution in [2.75, 3.05) is 13.2 Å². The van der Waals surface area contributed by atoms with Gasteiger partial charge in [-0.25, -0.2) is 0 Å². The number of nitrogens with zero attached hydrogens (tertiary/aromatic N) is 1. The first kappa shape index (κ1) is 16.5. The highest BCUT2D eigenvalue weighted by Gasteiger charge is 2.07. The molecule has 0 radical (unpaired) electrons. The van der Waals surface area contributed by atoms with Crippen molar-refractivity contribution in [3.05, 3.63) is 59.2 Å². The van der Waals surface area contributed by atoms with Gasteiger partial charge in [0.15, 0.2) is 12.9 Å². The van der Waals surface area contributed by atoms with Crippen LogP contribution in [0, 0.1) is 11.3 Å². The van der Waals surface area contributed by atoms with Gasteiger partial charge in [0.1, 0.15) is 24.2 Å². The SMILES string of the molecule is N#CCOc1ccc(OCc2ccccc2CCO)cc1C=O. The van der Waals surface area contributed by atoms with Crippen LogP contribution in [0.3, 0.4) is 0 Å². The largest absolute Gasteiger partial charge is 0.489 e. The average Bonchev–Trinajstić information content (AvgIpc) is 2.59. The standard InChI is InChI=1S/C18H17NO4/c19-8-10-22-18-6-5-17(11-16(18)12-21)23-13-15-4-2-1-3-14(15)7-9-20/h1-6,11-12,20H,7,9-10,13H2. The molecule has 2 aromatic rings. The third kappa shape index (κ3) is 4.56. The molecule has 0 saturated carbocycles. The Hall–Kier alpha value is -2.84. The number of carbonyl (C=O) groups is 1. The van der Waals surface area contributed by atoms with Gasteiger partial charge in [0.05, 0.1) is 5.56 Å². The summed E-state index contributed by atoms with van der Waals surface area (Å²) in [7, 11) is 0. The van der Waals surface area contributed by atoms with Gasteiger partial charge in [-0.15, -0.1) is 0 Å². The summed E-state index contributed by atoms with van der Waals surface area (Å²) in [5, 5.41) is 17.6. The molecule has 0 aliphatic heterocycles. The zero-order valence-corrected chi connectivity index (χ0v) is 12.6.